The van der Waals surface area contributed by atoms with Crippen LogP contribution in [-0.4, -0.2) is 50.8 Å². The number of carbonyl (C=O) groups is 1. The topological polar surface area (TPSA) is 77.7 Å². The fraction of sp³-hybridized carbons (Fsp3) is 0.400. The van der Waals surface area contributed by atoms with Gasteiger partial charge in [0.25, 0.3) is 11.5 Å². The minimum Gasteiger partial charge on any atom is -0.378 e. The molecule has 3 heterocycles. The number of benzene rings is 2. The Morgan fingerprint density at radius 2 is 1.81 bits per heavy atom. The lowest BCUT2D eigenvalue weighted by Crippen LogP contribution is -2.36. The lowest BCUT2D eigenvalue weighted by Gasteiger charge is -2.29. The average Bonchev–Trinajstić information content (AvgIpc) is 3.28. The third-order valence-corrected chi connectivity index (χ3v) is 7.46. The van der Waals surface area contributed by atoms with Gasteiger partial charge in [-0.3, -0.25) is 9.59 Å². The molecular formula is C30H36N4O3. The first kappa shape index (κ1) is 25.1. The molecule has 7 nitrogen and oxygen atoms in total. The molecule has 3 aromatic rings. The highest BCUT2D eigenvalue weighted by Gasteiger charge is 2.24. The maximum absolute atomic E-state index is 13.5. The molecule has 5 rings (SSSR count). The van der Waals surface area contributed by atoms with Crippen LogP contribution < -0.4 is 20.7 Å². The number of carbonyl (C=O) groups excluding carboxylic acids is 1. The summed E-state index contributed by atoms with van der Waals surface area (Å²) >= 11 is 0. The number of aromatic nitrogens is 1. The number of nitrogens with one attached hydrogen (secondary N) is 2. The molecule has 1 saturated heterocycles. The van der Waals surface area contributed by atoms with Gasteiger partial charge in [0, 0.05) is 61.4 Å². The third-order valence-electron chi connectivity index (χ3n) is 7.46. The fourth-order valence-electron chi connectivity index (χ4n) is 5.45. The molecule has 2 aromatic carbocycles. The molecule has 2 aliphatic heterocycles. The molecule has 7 heteroatoms. The van der Waals surface area contributed by atoms with E-state index >= 15 is 0 Å². The maximum atomic E-state index is 13.5. The molecule has 0 saturated carbocycles. The zero-order valence-corrected chi connectivity index (χ0v) is 22.0. The molecule has 0 spiro atoms. The highest BCUT2D eigenvalue weighted by atomic mass is 16.5. The van der Waals surface area contributed by atoms with Gasteiger partial charge in [0.15, 0.2) is 0 Å². The summed E-state index contributed by atoms with van der Waals surface area (Å²) in [6.45, 7) is 8.39. The Balaban J connectivity index is 1.42. The van der Waals surface area contributed by atoms with Crippen molar-refractivity contribution in [2.24, 2.45) is 0 Å². The lowest BCUT2D eigenvalue weighted by atomic mass is 9.96. The second kappa shape index (κ2) is 10.8. The van der Waals surface area contributed by atoms with Gasteiger partial charge in [0.2, 0.25) is 0 Å². The van der Waals surface area contributed by atoms with Crippen LogP contribution in [0, 0.1) is 6.92 Å². The zero-order valence-electron chi connectivity index (χ0n) is 22.0. The summed E-state index contributed by atoms with van der Waals surface area (Å²) in [5.41, 5.74) is 8.51. The quantitative estimate of drug-likeness (QED) is 0.512. The largest absolute Gasteiger partial charge is 0.378 e. The maximum Gasteiger partial charge on any atom is 0.253 e. The number of nitrogens with zero attached hydrogens (tertiary/aromatic N) is 2. The number of aromatic amines is 1. The van der Waals surface area contributed by atoms with E-state index in [9.17, 15) is 9.59 Å². The second-order valence-corrected chi connectivity index (χ2v) is 10.1. The first-order valence-corrected chi connectivity index (χ1v) is 13.3. The van der Waals surface area contributed by atoms with Crippen molar-refractivity contribution in [3.05, 3.63) is 80.8 Å². The molecule has 1 fully saturated rings. The van der Waals surface area contributed by atoms with E-state index in [0.29, 0.717) is 11.1 Å². The van der Waals surface area contributed by atoms with Gasteiger partial charge in [-0.05, 0) is 72.4 Å². The Morgan fingerprint density at radius 1 is 1.05 bits per heavy atom. The number of H-pyrrole nitrogens is 1. The molecule has 1 aromatic heterocycles. The van der Waals surface area contributed by atoms with Crippen molar-refractivity contribution in [2.75, 3.05) is 49.7 Å². The van der Waals surface area contributed by atoms with Crippen LogP contribution in [0.15, 0.2) is 47.3 Å². The van der Waals surface area contributed by atoms with Crippen LogP contribution in [0.2, 0.25) is 0 Å². The first-order valence-electron chi connectivity index (χ1n) is 13.3. The van der Waals surface area contributed by atoms with E-state index in [2.05, 4.69) is 64.4 Å². The molecule has 0 radical (unpaired) electrons. The molecule has 0 unspecified atom stereocenters. The molecule has 37 heavy (non-hydrogen) atoms. The smallest absolute Gasteiger partial charge is 0.253 e. The van der Waals surface area contributed by atoms with Crippen molar-refractivity contribution in [2.45, 2.75) is 39.7 Å². The minimum absolute atomic E-state index is 0.122. The molecule has 0 aliphatic carbocycles. The molecule has 1 amide bonds. The van der Waals surface area contributed by atoms with Crippen LogP contribution in [0.25, 0.3) is 11.1 Å². The molecule has 2 aliphatic rings. The molecule has 0 bridgehead atoms. The Bertz CT molecular complexity index is 1340. The summed E-state index contributed by atoms with van der Waals surface area (Å²) in [4.78, 5) is 33.6. The van der Waals surface area contributed by atoms with Crippen molar-refractivity contribution >= 4 is 17.3 Å². The zero-order chi connectivity index (χ0) is 25.9. The number of hydrogen-bond acceptors (Lipinski definition) is 5. The van der Waals surface area contributed by atoms with E-state index in [0.717, 1.165) is 85.7 Å². The number of fused-ring (bicyclic) bond motifs is 1. The van der Waals surface area contributed by atoms with Crippen molar-refractivity contribution in [3.8, 4) is 11.1 Å². The van der Waals surface area contributed by atoms with Gasteiger partial charge in [-0.1, -0.05) is 25.5 Å². The number of morpholine rings is 1. The summed E-state index contributed by atoms with van der Waals surface area (Å²) < 4.78 is 5.48. The number of hydrogen-bond donors (Lipinski definition) is 2. The van der Waals surface area contributed by atoms with Crippen LogP contribution in [0.3, 0.4) is 0 Å². The summed E-state index contributed by atoms with van der Waals surface area (Å²) in [6.07, 6.45) is 2.58. The number of rotatable bonds is 7. The van der Waals surface area contributed by atoms with E-state index in [1.165, 1.54) is 5.69 Å². The molecule has 0 atom stereocenters. The molecule has 194 valence electrons. The monoisotopic (exact) mass is 500 g/mol. The predicted molar refractivity (Wildman–Crippen MR) is 149 cm³/mol. The van der Waals surface area contributed by atoms with Gasteiger partial charge in [-0.2, -0.15) is 0 Å². The van der Waals surface area contributed by atoms with Crippen LogP contribution in [0.1, 0.15) is 46.1 Å². The number of aryl methyl sites for hydroxylation is 2. The number of ether oxygens (including phenoxy) is 1. The van der Waals surface area contributed by atoms with Gasteiger partial charge >= 0.3 is 0 Å². The van der Waals surface area contributed by atoms with Gasteiger partial charge in [0.1, 0.15) is 0 Å². The van der Waals surface area contributed by atoms with Crippen molar-refractivity contribution in [1.82, 2.24) is 10.3 Å². The standard InChI is InChI=1S/C30H36N4O3/c1-4-5-22-16-20(2)32-30(36)27(22)19-31-29(35)26-17-23(18-28-25(26)10-11-33(28)3)21-6-8-24(9-7-21)34-12-14-37-15-13-34/h6-9,16-18H,4-5,10-15,19H2,1-3H3,(H,31,35)(H,32,36). The van der Waals surface area contributed by atoms with Crippen molar-refractivity contribution in [1.29, 1.82) is 0 Å². The van der Waals surface area contributed by atoms with Crippen molar-refractivity contribution in [3.63, 3.8) is 0 Å². The van der Waals surface area contributed by atoms with E-state index in [-0.39, 0.29) is 18.0 Å². The van der Waals surface area contributed by atoms with Gasteiger partial charge < -0.3 is 24.8 Å². The summed E-state index contributed by atoms with van der Waals surface area (Å²) in [7, 11) is 2.07. The summed E-state index contributed by atoms with van der Waals surface area (Å²) in [6, 6.07) is 14.8. The average molecular weight is 501 g/mol. The number of likely N-dealkylation sites (N-methyl/N-ethyl adjacent to an activating group) is 1. The molecule has 2 N–H and O–H groups in total. The van der Waals surface area contributed by atoms with E-state index in [4.69, 9.17) is 4.74 Å². The Morgan fingerprint density at radius 3 is 2.54 bits per heavy atom. The summed E-state index contributed by atoms with van der Waals surface area (Å²) in [5, 5.41) is 3.05. The Hall–Kier alpha value is -3.58. The Kier molecular flexibility index (Phi) is 7.33. The predicted octanol–water partition coefficient (Wildman–Crippen LogP) is 4.06. The first-order chi connectivity index (χ1) is 17.9. The van der Waals surface area contributed by atoms with Crippen LogP contribution in [0.4, 0.5) is 11.4 Å². The highest BCUT2D eigenvalue weighted by Crippen LogP contribution is 2.35. The van der Waals surface area contributed by atoms with Gasteiger partial charge in [-0.25, -0.2) is 0 Å². The number of anilines is 2. The normalized spacial score (nSPS) is 15.1. The minimum atomic E-state index is -0.138. The molecular weight excluding hydrogens is 464 g/mol. The lowest BCUT2D eigenvalue weighted by molar-refractivity contribution is 0.0950. The number of amides is 1. The van der Waals surface area contributed by atoms with Crippen LogP contribution in [0.5, 0.6) is 0 Å². The van der Waals surface area contributed by atoms with Crippen LogP contribution in [-0.2, 0) is 24.1 Å². The Labute approximate surface area is 218 Å². The SMILES string of the molecule is CCCc1cc(C)[nH]c(=O)c1CNC(=O)c1cc(-c2ccc(N3CCOCC3)cc2)cc2c1CCN2C. The third kappa shape index (κ3) is 5.27. The highest BCUT2D eigenvalue weighted by molar-refractivity contribution is 5.99. The van der Waals surface area contributed by atoms with E-state index < -0.39 is 0 Å². The van der Waals surface area contributed by atoms with Crippen LogP contribution >= 0.6 is 0 Å². The summed E-state index contributed by atoms with van der Waals surface area (Å²) in [5.74, 6) is -0.138. The van der Waals surface area contributed by atoms with Gasteiger partial charge in [-0.15, -0.1) is 0 Å². The number of pyridine rings is 1. The second-order valence-electron chi connectivity index (χ2n) is 10.1. The van der Waals surface area contributed by atoms with Gasteiger partial charge in [0.05, 0.1) is 13.2 Å². The fourth-order valence-corrected chi connectivity index (χ4v) is 5.45. The van der Waals surface area contributed by atoms with E-state index in [1.54, 1.807) is 0 Å². The van der Waals surface area contributed by atoms with Crippen molar-refractivity contribution < 1.29 is 9.53 Å². The van der Waals surface area contributed by atoms with E-state index in [1.807, 2.05) is 19.1 Å².